The Kier molecular flexibility index (Phi) is 6.75. The summed E-state index contributed by atoms with van der Waals surface area (Å²) >= 11 is 1.62. The lowest BCUT2D eigenvalue weighted by atomic mass is 10.1. The number of rotatable bonds is 6. The van der Waals surface area contributed by atoms with E-state index < -0.39 is 11.7 Å². The van der Waals surface area contributed by atoms with Gasteiger partial charge in [0, 0.05) is 24.6 Å². The number of fused-ring (bicyclic) bond motifs is 1. The van der Waals surface area contributed by atoms with Crippen molar-refractivity contribution in [2.75, 3.05) is 19.4 Å². The number of aryl methyl sites for hydroxylation is 1. The van der Waals surface area contributed by atoms with Crippen molar-refractivity contribution in [1.29, 1.82) is 0 Å². The van der Waals surface area contributed by atoms with E-state index in [2.05, 4.69) is 10.4 Å². The minimum Gasteiger partial charge on any atom is -0.465 e. The Balaban J connectivity index is 1.86. The van der Waals surface area contributed by atoms with Gasteiger partial charge in [-0.15, -0.1) is 0 Å². The van der Waals surface area contributed by atoms with Crippen LogP contribution >= 0.6 is 11.8 Å². The fourth-order valence-electron chi connectivity index (χ4n) is 2.69. The Morgan fingerprint density at radius 2 is 2.08 bits per heavy atom. The molecule has 7 nitrogen and oxygen atoms in total. The van der Waals surface area contributed by atoms with E-state index in [4.69, 9.17) is 9.47 Å². The predicted molar refractivity (Wildman–Crippen MR) is 96.9 cm³/mol. The van der Waals surface area contributed by atoms with Crippen LogP contribution in [0.2, 0.25) is 0 Å². The SMILES string of the molecule is COC(=O)c1c(CSCCNC(=O)OC(C)(C)C)nn2c1CCCC2. The first-order valence-corrected chi connectivity index (χ1v) is 9.69. The van der Waals surface area contributed by atoms with E-state index in [1.165, 1.54) is 7.11 Å². The summed E-state index contributed by atoms with van der Waals surface area (Å²) in [4.78, 5) is 23.7. The lowest BCUT2D eigenvalue weighted by Crippen LogP contribution is -2.33. The summed E-state index contributed by atoms with van der Waals surface area (Å²) in [5, 5.41) is 7.31. The van der Waals surface area contributed by atoms with Gasteiger partial charge in [-0.05, 0) is 40.0 Å². The van der Waals surface area contributed by atoms with Crippen molar-refractivity contribution in [3.8, 4) is 0 Å². The summed E-state index contributed by atoms with van der Waals surface area (Å²) in [7, 11) is 1.40. The second kappa shape index (κ2) is 8.60. The zero-order valence-corrected chi connectivity index (χ0v) is 16.2. The highest BCUT2D eigenvalue weighted by Crippen LogP contribution is 2.25. The van der Waals surface area contributed by atoms with Crippen LogP contribution in [-0.2, 0) is 28.2 Å². The van der Waals surface area contributed by atoms with Crippen molar-refractivity contribution in [3.05, 3.63) is 17.0 Å². The molecule has 140 valence electrons. The van der Waals surface area contributed by atoms with E-state index in [0.29, 0.717) is 23.6 Å². The lowest BCUT2D eigenvalue weighted by Gasteiger charge is -2.19. The number of alkyl carbamates (subject to hydrolysis) is 1. The quantitative estimate of drug-likeness (QED) is 0.613. The van der Waals surface area contributed by atoms with Crippen LogP contribution < -0.4 is 5.32 Å². The standard InChI is InChI=1S/C17H27N3O4S/c1-17(2,3)24-16(22)18-8-10-25-11-12-14(15(21)23-4)13-7-5-6-9-20(13)19-12/h5-11H2,1-4H3,(H,18,22). The monoisotopic (exact) mass is 369 g/mol. The molecular formula is C17H27N3O4S. The van der Waals surface area contributed by atoms with E-state index in [0.717, 1.165) is 37.2 Å². The fourth-order valence-corrected chi connectivity index (χ4v) is 3.48. The van der Waals surface area contributed by atoms with Gasteiger partial charge in [0.25, 0.3) is 0 Å². The number of nitrogens with zero attached hydrogens (tertiary/aromatic N) is 2. The molecule has 0 unspecified atom stereocenters. The molecule has 0 aromatic carbocycles. The van der Waals surface area contributed by atoms with Crippen LogP contribution in [-0.4, -0.2) is 46.9 Å². The number of carbonyl (C=O) groups excluding carboxylic acids is 2. The Bertz CT molecular complexity index is 622. The second-order valence-corrected chi connectivity index (χ2v) is 8.03. The van der Waals surface area contributed by atoms with Crippen molar-refractivity contribution in [1.82, 2.24) is 15.1 Å². The molecule has 2 heterocycles. The van der Waals surface area contributed by atoms with Gasteiger partial charge in [0.15, 0.2) is 0 Å². The third kappa shape index (κ3) is 5.66. The summed E-state index contributed by atoms with van der Waals surface area (Å²) in [6.45, 7) is 6.84. The predicted octanol–water partition coefficient (Wildman–Crippen LogP) is 2.76. The van der Waals surface area contributed by atoms with E-state index in [1.54, 1.807) is 11.8 Å². The molecule has 1 amide bonds. The van der Waals surface area contributed by atoms with Crippen molar-refractivity contribution in [2.24, 2.45) is 0 Å². The number of carbonyl (C=O) groups is 2. The maximum absolute atomic E-state index is 12.1. The van der Waals surface area contributed by atoms with Crippen molar-refractivity contribution in [3.63, 3.8) is 0 Å². The Labute approximate surface area is 152 Å². The molecule has 0 fully saturated rings. The molecule has 0 aliphatic carbocycles. The maximum atomic E-state index is 12.1. The molecule has 8 heteroatoms. The summed E-state index contributed by atoms with van der Waals surface area (Å²) < 4.78 is 12.1. The normalized spacial score (nSPS) is 13.9. The number of thioether (sulfide) groups is 1. The molecule has 2 rings (SSSR count). The first-order chi connectivity index (χ1) is 11.8. The smallest absolute Gasteiger partial charge is 0.407 e. The van der Waals surface area contributed by atoms with Crippen molar-refractivity contribution < 1.29 is 19.1 Å². The lowest BCUT2D eigenvalue weighted by molar-refractivity contribution is 0.0530. The highest BCUT2D eigenvalue weighted by atomic mass is 32.2. The van der Waals surface area contributed by atoms with Crippen LogP contribution in [0, 0.1) is 0 Å². The molecule has 1 aliphatic heterocycles. The number of esters is 1. The second-order valence-electron chi connectivity index (χ2n) is 6.92. The minimum atomic E-state index is -0.498. The van der Waals surface area contributed by atoms with Gasteiger partial charge < -0.3 is 14.8 Å². The van der Waals surface area contributed by atoms with Gasteiger partial charge in [-0.2, -0.15) is 16.9 Å². The van der Waals surface area contributed by atoms with Gasteiger partial charge in [0.05, 0.1) is 18.5 Å². The van der Waals surface area contributed by atoms with Crippen LogP contribution in [0.15, 0.2) is 0 Å². The average Bonchev–Trinajstić information content (AvgIpc) is 2.90. The largest absolute Gasteiger partial charge is 0.465 e. The van der Waals surface area contributed by atoms with E-state index >= 15 is 0 Å². The van der Waals surface area contributed by atoms with Gasteiger partial charge in [-0.3, -0.25) is 4.68 Å². The van der Waals surface area contributed by atoms with E-state index in [-0.39, 0.29) is 5.97 Å². The molecule has 1 aromatic heterocycles. The molecule has 25 heavy (non-hydrogen) atoms. The first-order valence-electron chi connectivity index (χ1n) is 8.53. The van der Waals surface area contributed by atoms with E-state index in [1.807, 2.05) is 25.5 Å². The number of nitrogens with one attached hydrogen (secondary N) is 1. The number of amides is 1. The van der Waals surface area contributed by atoms with Crippen LogP contribution in [0.5, 0.6) is 0 Å². The number of methoxy groups -OCH3 is 1. The van der Waals surface area contributed by atoms with Crippen molar-refractivity contribution >= 4 is 23.8 Å². The molecule has 0 saturated heterocycles. The van der Waals surface area contributed by atoms with Gasteiger partial charge in [-0.1, -0.05) is 0 Å². The molecule has 1 aromatic rings. The third-order valence-electron chi connectivity index (χ3n) is 3.71. The van der Waals surface area contributed by atoms with Gasteiger partial charge in [0.2, 0.25) is 0 Å². The van der Waals surface area contributed by atoms with Crippen LogP contribution in [0.1, 0.15) is 55.4 Å². The minimum absolute atomic E-state index is 0.314. The molecule has 0 saturated carbocycles. The number of hydrogen-bond acceptors (Lipinski definition) is 6. The third-order valence-corrected chi connectivity index (χ3v) is 4.68. The average molecular weight is 369 g/mol. The Morgan fingerprint density at radius 1 is 1.32 bits per heavy atom. The fraction of sp³-hybridized carbons (Fsp3) is 0.706. The molecular weight excluding hydrogens is 342 g/mol. The van der Waals surface area contributed by atoms with Gasteiger partial charge in [-0.25, -0.2) is 9.59 Å². The molecule has 0 radical (unpaired) electrons. The molecule has 0 spiro atoms. The van der Waals surface area contributed by atoms with Crippen LogP contribution in [0.25, 0.3) is 0 Å². The molecule has 1 N–H and O–H groups in total. The number of hydrogen-bond donors (Lipinski definition) is 1. The number of aromatic nitrogens is 2. The zero-order chi connectivity index (χ0) is 18.4. The van der Waals surface area contributed by atoms with E-state index in [9.17, 15) is 9.59 Å². The topological polar surface area (TPSA) is 82.4 Å². The van der Waals surface area contributed by atoms with Crippen LogP contribution in [0.3, 0.4) is 0 Å². The highest BCUT2D eigenvalue weighted by molar-refractivity contribution is 7.98. The zero-order valence-electron chi connectivity index (χ0n) is 15.4. The first kappa shape index (κ1) is 19.6. The van der Waals surface area contributed by atoms with Crippen LogP contribution in [0.4, 0.5) is 4.79 Å². The Hall–Kier alpha value is -1.70. The van der Waals surface area contributed by atoms with Crippen molar-refractivity contribution in [2.45, 2.75) is 57.9 Å². The highest BCUT2D eigenvalue weighted by Gasteiger charge is 2.25. The number of ether oxygens (including phenoxy) is 2. The summed E-state index contributed by atoms with van der Waals surface area (Å²) in [6.07, 6.45) is 2.60. The van der Waals surface area contributed by atoms with Gasteiger partial charge in [0.1, 0.15) is 11.2 Å². The molecule has 0 bridgehead atoms. The van der Waals surface area contributed by atoms with Gasteiger partial charge >= 0.3 is 12.1 Å². The summed E-state index contributed by atoms with van der Waals surface area (Å²) in [5.41, 5.74) is 1.88. The summed E-state index contributed by atoms with van der Waals surface area (Å²) in [6, 6.07) is 0. The molecule has 0 atom stereocenters. The summed E-state index contributed by atoms with van der Waals surface area (Å²) in [5.74, 6) is 1.01. The molecule has 1 aliphatic rings. The maximum Gasteiger partial charge on any atom is 0.407 e. The Morgan fingerprint density at radius 3 is 2.76 bits per heavy atom.